The Morgan fingerprint density at radius 3 is 3.00 bits per heavy atom. The smallest absolute Gasteiger partial charge is 0.349 e. The molecule has 106 valence electrons. The molecule has 1 fully saturated rings. The molecule has 0 aromatic carbocycles. The van der Waals surface area contributed by atoms with Gasteiger partial charge in [-0.15, -0.1) is 0 Å². The van der Waals surface area contributed by atoms with Crippen LogP contribution in [0.1, 0.15) is 41.8 Å². The monoisotopic (exact) mass is 284 g/mol. The second-order valence-corrected chi connectivity index (χ2v) is 5.61. The van der Waals surface area contributed by atoms with E-state index in [0.29, 0.717) is 24.1 Å². The van der Waals surface area contributed by atoms with Gasteiger partial charge in [-0.05, 0) is 12.8 Å². The minimum Gasteiger partial charge on any atom is -0.465 e. The largest absolute Gasteiger partial charge is 0.465 e. The van der Waals surface area contributed by atoms with Crippen LogP contribution in [0, 0.1) is 0 Å². The van der Waals surface area contributed by atoms with Crippen molar-refractivity contribution in [1.82, 2.24) is 4.98 Å². The van der Waals surface area contributed by atoms with Gasteiger partial charge in [0.05, 0.1) is 26.0 Å². The summed E-state index contributed by atoms with van der Waals surface area (Å²) in [6.07, 6.45) is 8.24. The van der Waals surface area contributed by atoms with Gasteiger partial charge in [0.2, 0.25) is 0 Å². The number of esters is 1. The molecule has 1 aromatic heterocycles. The standard InChI is InChI=1S/C13H20N2O3S/c1-17-12(16)11-9-15-13(19-11)14-7-8-18-10-5-3-2-4-6-10/h9-10H,2-8H2,1H3,(H,14,15). The zero-order valence-corrected chi connectivity index (χ0v) is 12.0. The molecule has 19 heavy (non-hydrogen) atoms. The summed E-state index contributed by atoms with van der Waals surface area (Å²) >= 11 is 1.30. The lowest BCUT2D eigenvalue weighted by Gasteiger charge is -2.21. The second kappa shape index (κ2) is 7.45. The molecule has 0 radical (unpaired) electrons. The lowest BCUT2D eigenvalue weighted by Crippen LogP contribution is -2.20. The topological polar surface area (TPSA) is 60.5 Å². The molecule has 2 rings (SSSR count). The molecular weight excluding hydrogens is 264 g/mol. The summed E-state index contributed by atoms with van der Waals surface area (Å²) in [6, 6.07) is 0. The van der Waals surface area contributed by atoms with Crippen molar-refractivity contribution in [3.63, 3.8) is 0 Å². The van der Waals surface area contributed by atoms with Crippen molar-refractivity contribution in [2.45, 2.75) is 38.2 Å². The number of carbonyl (C=O) groups excluding carboxylic acids is 1. The van der Waals surface area contributed by atoms with Crippen molar-refractivity contribution < 1.29 is 14.3 Å². The highest BCUT2D eigenvalue weighted by Crippen LogP contribution is 2.21. The molecule has 0 spiro atoms. The van der Waals surface area contributed by atoms with Gasteiger partial charge in [-0.1, -0.05) is 30.6 Å². The molecular formula is C13H20N2O3S. The Morgan fingerprint density at radius 1 is 1.47 bits per heavy atom. The first kappa shape index (κ1) is 14.3. The number of methoxy groups -OCH3 is 1. The lowest BCUT2D eigenvalue weighted by atomic mass is 9.98. The Kier molecular flexibility index (Phi) is 5.60. The van der Waals surface area contributed by atoms with Crippen LogP contribution < -0.4 is 5.32 Å². The summed E-state index contributed by atoms with van der Waals surface area (Å²) < 4.78 is 10.4. The molecule has 1 saturated carbocycles. The molecule has 1 aromatic rings. The van der Waals surface area contributed by atoms with Crippen molar-refractivity contribution in [3.05, 3.63) is 11.1 Å². The zero-order valence-electron chi connectivity index (χ0n) is 11.2. The number of hydrogen-bond acceptors (Lipinski definition) is 6. The third-order valence-electron chi connectivity index (χ3n) is 3.18. The molecule has 0 atom stereocenters. The van der Waals surface area contributed by atoms with Gasteiger partial charge in [-0.2, -0.15) is 0 Å². The quantitative estimate of drug-likeness (QED) is 0.643. The molecule has 0 amide bonds. The molecule has 1 aliphatic rings. The molecule has 5 nitrogen and oxygen atoms in total. The molecule has 0 saturated heterocycles. The van der Waals surface area contributed by atoms with Gasteiger partial charge >= 0.3 is 5.97 Å². The minimum atomic E-state index is -0.344. The van der Waals surface area contributed by atoms with E-state index >= 15 is 0 Å². The number of carbonyl (C=O) groups is 1. The summed E-state index contributed by atoms with van der Waals surface area (Å²) in [5.41, 5.74) is 0. The normalized spacial score (nSPS) is 16.3. The van der Waals surface area contributed by atoms with Crippen molar-refractivity contribution in [3.8, 4) is 0 Å². The maximum absolute atomic E-state index is 11.3. The molecule has 1 aliphatic carbocycles. The van der Waals surface area contributed by atoms with Crippen molar-refractivity contribution in [1.29, 1.82) is 0 Å². The molecule has 0 unspecified atom stereocenters. The fourth-order valence-corrected chi connectivity index (χ4v) is 2.93. The van der Waals surface area contributed by atoms with E-state index in [4.69, 9.17) is 4.74 Å². The van der Waals surface area contributed by atoms with Gasteiger partial charge in [-0.25, -0.2) is 9.78 Å². The number of ether oxygens (including phenoxy) is 2. The van der Waals surface area contributed by atoms with Crippen molar-refractivity contribution in [2.24, 2.45) is 0 Å². The van der Waals surface area contributed by atoms with Crippen LogP contribution in [0.5, 0.6) is 0 Å². The van der Waals surface area contributed by atoms with E-state index in [2.05, 4.69) is 15.0 Å². The average molecular weight is 284 g/mol. The summed E-state index contributed by atoms with van der Waals surface area (Å²) in [5.74, 6) is -0.344. The average Bonchev–Trinajstić information content (AvgIpc) is 2.93. The molecule has 1 heterocycles. The Bertz CT molecular complexity index is 402. The van der Waals surface area contributed by atoms with E-state index in [9.17, 15) is 4.79 Å². The van der Waals surface area contributed by atoms with E-state index in [1.54, 1.807) is 0 Å². The van der Waals surface area contributed by atoms with Crippen molar-refractivity contribution >= 4 is 22.4 Å². The van der Waals surface area contributed by atoms with Crippen LogP contribution in [0.4, 0.5) is 5.13 Å². The van der Waals surface area contributed by atoms with Crippen molar-refractivity contribution in [2.75, 3.05) is 25.6 Å². The summed E-state index contributed by atoms with van der Waals surface area (Å²) in [7, 11) is 1.37. The highest BCUT2D eigenvalue weighted by molar-refractivity contribution is 7.17. The lowest BCUT2D eigenvalue weighted by molar-refractivity contribution is 0.0347. The minimum absolute atomic E-state index is 0.344. The first-order valence-corrected chi connectivity index (χ1v) is 7.51. The molecule has 0 aliphatic heterocycles. The molecule has 1 N–H and O–H groups in total. The fourth-order valence-electron chi connectivity index (χ4n) is 2.17. The van der Waals surface area contributed by atoms with Crippen LogP contribution in [0.2, 0.25) is 0 Å². The third-order valence-corrected chi connectivity index (χ3v) is 4.11. The maximum Gasteiger partial charge on any atom is 0.349 e. The number of aromatic nitrogens is 1. The Balaban J connectivity index is 1.65. The molecule has 0 bridgehead atoms. The molecule has 6 heteroatoms. The predicted molar refractivity (Wildman–Crippen MR) is 74.8 cm³/mol. The maximum atomic E-state index is 11.3. The Hall–Kier alpha value is -1.14. The van der Waals surface area contributed by atoms with Crippen LogP contribution in [-0.2, 0) is 9.47 Å². The number of nitrogens with one attached hydrogen (secondary N) is 1. The fraction of sp³-hybridized carbons (Fsp3) is 0.692. The SMILES string of the molecule is COC(=O)c1cnc(NCCOC2CCCCC2)s1. The summed E-state index contributed by atoms with van der Waals surface area (Å²) in [6.45, 7) is 1.39. The van der Waals surface area contributed by atoms with Gasteiger partial charge < -0.3 is 14.8 Å². The van der Waals surface area contributed by atoms with Gasteiger partial charge in [-0.3, -0.25) is 0 Å². The van der Waals surface area contributed by atoms with E-state index in [0.717, 1.165) is 5.13 Å². The number of hydrogen-bond donors (Lipinski definition) is 1. The van der Waals surface area contributed by atoms with Gasteiger partial charge in [0.1, 0.15) is 4.88 Å². The Labute approximate surface area is 117 Å². The predicted octanol–water partition coefficient (Wildman–Crippen LogP) is 2.69. The zero-order chi connectivity index (χ0) is 13.5. The first-order valence-electron chi connectivity index (χ1n) is 6.69. The van der Waals surface area contributed by atoms with Crippen LogP contribution in [0.25, 0.3) is 0 Å². The van der Waals surface area contributed by atoms with Crippen LogP contribution in [-0.4, -0.2) is 37.3 Å². The van der Waals surface area contributed by atoms with Crippen LogP contribution in [0.3, 0.4) is 0 Å². The van der Waals surface area contributed by atoms with E-state index in [1.807, 2.05) is 0 Å². The van der Waals surface area contributed by atoms with Gasteiger partial charge in [0.15, 0.2) is 5.13 Å². The number of anilines is 1. The Morgan fingerprint density at radius 2 is 2.26 bits per heavy atom. The highest BCUT2D eigenvalue weighted by atomic mass is 32.1. The number of nitrogens with zero attached hydrogens (tertiary/aromatic N) is 1. The van der Waals surface area contributed by atoms with E-state index in [-0.39, 0.29) is 5.97 Å². The number of thiazole rings is 1. The van der Waals surface area contributed by atoms with E-state index in [1.165, 1.54) is 56.7 Å². The number of rotatable bonds is 6. The van der Waals surface area contributed by atoms with Crippen LogP contribution in [0.15, 0.2) is 6.20 Å². The highest BCUT2D eigenvalue weighted by Gasteiger charge is 2.13. The summed E-state index contributed by atoms with van der Waals surface area (Å²) in [4.78, 5) is 15.9. The van der Waals surface area contributed by atoms with Crippen LogP contribution >= 0.6 is 11.3 Å². The summed E-state index contributed by atoms with van der Waals surface area (Å²) in [5, 5.41) is 3.89. The third kappa shape index (κ3) is 4.47. The second-order valence-electron chi connectivity index (χ2n) is 4.58. The first-order chi connectivity index (χ1) is 9.29. The van der Waals surface area contributed by atoms with Gasteiger partial charge in [0.25, 0.3) is 0 Å². The van der Waals surface area contributed by atoms with E-state index < -0.39 is 0 Å². The van der Waals surface area contributed by atoms with Gasteiger partial charge in [0, 0.05) is 6.54 Å².